The van der Waals surface area contributed by atoms with Gasteiger partial charge in [0, 0.05) is 19.2 Å². The molecule has 1 amide bonds. The molecule has 6 heteroatoms. The van der Waals surface area contributed by atoms with Crippen LogP contribution in [0.3, 0.4) is 0 Å². The summed E-state index contributed by atoms with van der Waals surface area (Å²) in [5.41, 5.74) is 3.32. The van der Waals surface area contributed by atoms with Crippen molar-refractivity contribution in [3.8, 4) is 0 Å². The SMILES string of the molecule is CCN(CC)C(=O)/C=C(\N)C(F)(F)F. The van der Waals surface area contributed by atoms with Gasteiger partial charge in [0.15, 0.2) is 0 Å². The summed E-state index contributed by atoms with van der Waals surface area (Å²) in [6.45, 7) is 4.08. The molecule has 0 atom stereocenters. The van der Waals surface area contributed by atoms with Gasteiger partial charge in [-0.2, -0.15) is 13.2 Å². The van der Waals surface area contributed by atoms with Gasteiger partial charge >= 0.3 is 6.18 Å². The third kappa shape index (κ3) is 3.68. The molecule has 0 saturated carbocycles. The van der Waals surface area contributed by atoms with E-state index in [9.17, 15) is 18.0 Å². The summed E-state index contributed by atoms with van der Waals surface area (Å²) in [6, 6.07) is 0. The summed E-state index contributed by atoms with van der Waals surface area (Å²) in [7, 11) is 0. The minimum absolute atomic E-state index is 0.358. The van der Waals surface area contributed by atoms with Gasteiger partial charge in [-0.15, -0.1) is 0 Å². The number of alkyl halides is 3. The highest BCUT2D eigenvalue weighted by Gasteiger charge is 2.32. The van der Waals surface area contributed by atoms with Gasteiger partial charge in [0.2, 0.25) is 5.91 Å². The quantitative estimate of drug-likeness (QED) is 0.713. The van der Waals surface area contributed by atoms with Gasteiger partial charge < -0.3 is 10.6 Å². The normalized spacial score (nSPS) is 12.8. The number of carbonyl (C=O) groups excluding carboxylic acids is 1. The van der Waals surface area contributed by atoms with Crippen molar-refractivity contribution in [2.24, 2.45) is 5.73 Å². The van der Waals surface area contributed by atoms with E-state index in [2.05, 4.69) is 5.73 Å². The molecule has 0 aliphatic heterocycles. The van der Waals surface area contributed by atoms with E-state index in [-0.39, 0.29) is 0 Å². The van der Waals surface area contributed by atoms with Crippen LogP contribution in [0.5, 0.6) is 0 Å². The van der Waals surface area contributed by atoms with Gasteiger partial charge in [0.05, 0.1) is 0 Å². The van der Waals surface area contributed by atoms with E-state index >= 15 is 0 Å². The lowest BCUT2D eigenvalue weighted by molar-refractivity contribution is -0.127. The van der Waals surface area contributed by atoms with Crippen LogP contribution in [-0.2, 0) is 4.79 Å². The van der Waals surface area contributed by atoms with Crippen molar-refractivity contribution < 1.29 is 18.0 Å². The van der Waals surface area contributed by atoms with Crippen molar-refractivity contribution in [2.45, 2.75) is 20.0 Å². The van der Waals surface area contributed by atoms with Crippen LogP contribution in [0.15, 0.2) is 11.8 Å². The largest absolute Gasteiger partial charge is 0.430 e. The van der Waals surface area contributed by atoms with Crippen LogP contribution in [0, 0.1) is 0 Å². The molecule has 0 aromatic carbocycles. The molecule has 0 aliphatic carbocycles. The molecule has 14 heavy (non-hydrogen) atoms. The topological polar surface area (TPSA) is 46.3 Å². The molecule has 0 unspecified atom stereocenters. The highest BCUT2D eigenvalue weighted by molar-refractivity contribution is 5.88. The molecule has 0 spiro atoms. The third-order valence-corrected chi connectivity index (χ3v) is 1.68. The molecule has 0 bridgehead atoms. The fourth-order valence-electron chi connectivity index (χ4n) is 0.841. The van der Waals surface area contributed by atoms with Crippen LogP contribution in [0.25, 0.3) is 0 Å². The Morgan fingerprint density at radius 2 is 1.79 bits per heavy atom. The van der Waals surface area contributed by atoms with Crippen LogP contribution in [0.1, 0.15) is 13.8 Å². The van der Waals surface area contributed by atoms with Gasteiger partial charge in [-0.1, -0.05) is 0 Å². The van der Waals surface area contributed by atoms with Crippen LogP contribution < -0.4 is 5.73 Å². The molecule has 0 aromatic rings. The van der Waals surface area contributed by atoms with E-state index in [1.54, 1.807) is 13.8 Å². The van der Waals surface area contributed by atoms with Crippen LogP contribution in [0.2, 0.25) is 0 Å². The van der Waals surface area contributed by atoms with E-state index in [0.717, 1.165) is 0 Å². The average Bonchev–Trinajstić information content (AvgIpc) is 2.04. The Morgan fingerprint density at radius 1 is 1.36 bits per heavy atom. The molecular formula is C8H13F3N2O. The van der Waals surface area contributed by atoms with E-state index in [1.165, 1.54) is 4.90 Å². The zero-order valence-corrected chi connectivity index (χ0v) is 8.06. The average molecular weight is 210 g/mol. The van der Waals surface area contributed by atoms with Crippen molar-refractivity contribution in [1.82, 2.24) is 4.90 Å². The summed E-state index contributed by atoms with van der Waals surface area (Å²) in [5.74, 6) is -0.718. The Bertz CT molecular complexity index is 231. The minimum Gasteiger partial charge on any atom is -0.395 e. The summed E-state index contributed by atoms with van der Waals surface area (Å²) in [4.78, 5) is 12.4. The highest BCUT2D eigenvalue weighted by Crippen LogP contribution is 2.21. The van der Waals surface area contributed by atoms with E-state index in [0.29, 0.717) is 19.2 Å². The van der Waals surface area contributed by atoms with Gasteiger partial charge in [-0.25, -0.2) is 0 Å². The van der Waals surface area contributed by atoms with Gasteiger partial charge in [-0.3, -0.25) is 4.79 Å². The predicted octanol–water partition coefficient (Wildman–Crippen LogP) is 1.26. The molecular weight excluding hydrogens is 197 g/mol. The van der Waals surface area contributed by atoms with Crippen molar-refractivity contribution in [2.75, 3.05) is 13.1 Å². The predicted molar refractivity (Wildman–Crippen MR) is 46.3 cm³/mol. The van der Waals surface area contributed by atoms with Crippen LogP contribution >= 0.6 is 0 Å². The van der Waals surface area contributed by atoms with Gasteiger partial charge in [0.25, 0.3) is 0 Å². The molecule has 3 nitrogen and oxygen atoms in total. The number of nitrogens with zero attached hydrogens (tertiary/aromatic N) is 1. The Hall–Kier alpha value is -1.20. The first-order valence-electron chi connectivity index (χ1n) is 4.16. The first-order valence-corrected chi connectivity index (χ1v) is 4.16. The summed E-state index contributed by atoms with van der Waals surface area (Å²) in [6.07, 6.45) is -4.23. The highest BCUT2D eigenvalue weighted by atomic mass is 19.4. The second-order valence-electron chi connectivity index (χ2n) is 2.61. The fourth-order valence-corrected chi connectivity index (χ4v) is 0.841. The number of halogens is 3. The maximum Gasteiger partial charge on any atom is 0.430 e. The first-order chi connectivity index (χ1) is 6.32. The van der Waals surface area contributed by atoms with Gasteiger partial charge in [0.1, 0.15) is 5.70 Å². The number of hydrogen-bond acceptors (Lipinski definition) is 2. The summed E-state index contributed by atoms with van der Waals surface area (Å²) in [5, 5.41) is 0. The second-order valence-corrected chi connectivity index (χ2v) is 2.61. The monoisotopic (exact) mass is 210 g/mol. The molecule has 0 fully saturated rings. The maximum atomic E-state index is 11.9. The lowest BCUT2D eigenvalue weighted by Gasteiger charge is -2.17. The minimum atomic E-state index is -4.64. The molecule has 82 valence electrons. The molecule has 0 radical (unpaired) electrons. The third-order valence-electron chi connectivity index (χ3n) is 1.68. The summed E-state index contributed by atoms with van der Waals surface area (Å²) >= 11 is 0. The van der Waals surface area contributed by atoms with E-state index < -0.39 is 17.8 Å². The number of amides is 1. The molecule has 0 heterocycles. The van der Waals surface area contributed by atoms with Crippen LogP contribution in [-0.4, -0.2) is 30.1 Å². The Labute approximate surface area is 80.4 Å². The number of rotatable bonds is 3. The smallest absolute Gasteiger partial charge is 0.395 e. The lowest BCUT2D eigenvalue weighted by Crippen LogP contribution is -2.31. The molecule has 0 rings (SSSR count). The molecule has 0 aromatic heterocycles. The van der Waals surface area contributed by atoms with Gasteiger partial charge in [-0.05, 0) is 13.8 Å². The molecule has 0 aliphatic rings. The Kier molecular flexibility index (Phi) is 4.46. The number of hydrogen-bond donors (Lipinski definition) is 1. The second kappa shape index (κ2) is 4.88. The zero-order chi connectivity index (χ0) is 11.4. The van der Waals surface area contributed by atoms with Crippen molar-refractivity contribution >= 4 is 5.91 Å². The number of likely N-dealkylation sites (N-methyl/N-ethyl adjacent to an activating group) is 1. The number of nitrogens with two attached hydrogens (primary N) is 1. The first kappa shape index (κ1) is 12.8. The van der Waals surface area contributed by atoms with E-state index in [1.807, 2.05) is 0 Å². The lowest BCUT2D eigenvalue weighted by atomic mass is 10.3. The van der Waals surface area contributed by atoms with Crippen molar-refractivity contribution in [1.29, 1.82) is 0 Å². The molecule has 2 N–H and O–H groups in total. The van der Waals surface area contributed by atoms with Crippen LogP contribution in [0.4, 0.5) is 13.2 Å². The summed E-state index contributed by atoms with van der Waals surface area (Å²) < 4.78 is 35.8. The number of allylic oxidation sites excluding steroid dienone is 1. The molecule has 0 saturated heterocycles. The standard InChI is InChI=1S/C8H13F3N2O/c1-3-13(4-2)7(14)5-6(12)8(9,10)11/h5H,3-4,12H2,1-2H3/b6-5-. The fraction of sp³-hybridized carbons (Fsp3) is 0.625. The van der Waals surface area contributed by atoms with E-state index in [4.69, 9.17) is 0 Å². The number of carbonyl (C=O) groups is 1. The Morgan fingerprint density at radius 3 is 2.07 bits per heavy atom. The zero-order valence-electron chi connectivity index (χ0n) is 8.06. The van der Waals surface area contributed by atoms with Crippen molar-refractivity contribution in [3.63, 3.8) is 0 Å². The maximum absolute atomic E-state index is 11.9. The Balaban J connectivity index is 4.58. The van der Waals surface area contributed by atoms with Crippen molar-refractivity contribution in [3.05, 3.63) is 11.8 Å².